The van der Waals surface area contributed by atoms with Gasteiger partial charge in [0.1, 0.15) is 18.3 Å². The zero-order chi connectivity index (χ0) is 27.2. The van der Waals surface area contributed by atoms with Crippen LogP contribution in [0.25, 0.3) is 0 Å². The minimum absolute atomic E-state index is 0.112. The Morgan fingerprint density at radius 1 is 1.00 bits per heavy atom. The van der Waals surface area contributed by atoms with Gasteiger partial charge in [-0.05, 0) is 19.3 Å². The molecule has 0 spiro atoms. The quantitative estimate of drug-likeness (QED) is 0.0543. The molecule has 214 valence electrons. The average Bonchev–Trinajstić information content (AvgIpc) is 2.81. The number of aliphatic hydroxyl groups excluding tert-OH is 3. The Balaban J connectivity index is 2.35. The van der Waals surface area contributed by atoms with E-state index in [1.807, 2.05) is 6.08 Å². The number of hydrogen-bond donors (Lipinski definition) is 7. The van der Waals surface area contributed by atoms with Crippen LogP contribution < -0.4 is 5.73 Å². The van der Waals surface area contributed by atoms with E-state index in [0.717, 1.165) is 19.3 Å². The molecular formula is C24H47NO10S. The molecule has 1 saturated heterocycles. The number of unbranched alkanes of at least 4 members (excludes halogenated alkanes) is 11. The maximum Gasteiger partial charge on any atom is 0.397 e. The first-order valence-corrected chi connectivity index (χ1v) is 14.4. The monoisotopic (exact) mass is 541 g/mol. The zero-order valence-corrected chi connectivity index (χ0v) is 22.2. The molecule has 36 heavy (non-hydrogen) atoms. The SMILES string of the molecule is CCCCCCCCCCCCC/C=C/C(O)CC[C@@]1(O)O[C@H](COS(=O)(=O)O)[C@H](O)[C@@H](O)[C@]1(N)O. The fourth-order valence-electron chi connectivity index (χ4n) is 4.27. The Kier molecular flexibility index (Phi) is 15.1. The molecule has 0 aromatic heterocycles. The number of allylic oxidation sites excluding steroid dienone is 1. The lowest BCUT2D eigenvalue weighted by Crippen LogP contribution is -2.77. The number of nitrogens with two attached hydrogens (primary N) is 1. The third-order valence-electron chi connectivity index (χ3n) is 6.62. The van der Waals surface area contributed by atoms with Crippen molar-refractivity contribution >= 4 is 10.4 Å². The Labute approximate surface area is 215 Å². The highest BCUT2D eigenvalue weighted by molar-refractivity contribution is 7.80. The van der Waals surface area contributed by atoms with Gasteiger partial charge in [0.05, 0.1) is 12.7 Å². The van der Waals surface area contributed by atoms with Crippen molar-refractivity contribution in [3.63, 3.8) is 0 Å². The van der Waals surface area contributed by atoms with E-state index in [9.17, 15) is 34.0 Å². The summed E-state index contributed by atoms with van der Waals surface area (Å²) in [6.45, 7) is 1.27. The lowest BCUT2D eigenvalue weighted by molar-refractivity contribution is -0.389. The zero-order valence-electron chi connectivity index (χ0n) is 21.4. The average molecular weight is 542 g/mol. The van der Waals surface area contributed by atoms with E-state index in [4.69, 9.17) is 15.0 Å². The van der Waals surface area contributed by atoms with Crippen molar-refractivity contribution in [2.45, 2.75) is 133 Å². The van der Waals surface area contributed by atoms with Crippen LogP contribution in [0.3, 0.4) is 0 Å². The maximum absolute atomic E-state index is 10.8. The summed E-state index contributed by atoms with van der Waals surface area (Å²) in [5.74, 6) is -2.64. The molecule has 0 aromatic carbocycles. The van der Waals surface area contributed by atoms with Gasteiger partial charge >= 0.3 is 10.4 Å². The van der Waals surface area contributed by atoms with Gasteiger partial charge in [-0.2, -0.15) is 8.42 Å². The first kappa shape index (κ1) is 33.4. The number of aliphatic hydroxyl groups is 5. The molecule has 1 rings (SSSR count). The van der Waals surface area contributed by atoms with Gasteiger partial charge in [0, 0.05) is 6.42 Å². The molecule has 1 unspecified atom stereocenters. The summed E-state index contributed by atoms with van der Waals surface area (Å²) in [4.78, 5) is 0. The highest BCUT2D eigenvalue weighted by Crippen LogP contribution is 2.37. The highest BCUT2D eigenvalue weighted by Gasteiger charge is 2.61. The second kappa shape index (κ2) is 16.3. The lowest BCUT2D eigenvalue weighted by atomic mass is 9.84. The van der Waals surface area contributed by atoms with Crippen LogP contribution in [0.4, 0.5) is 0 Å². The van der Waals surface area contributed by atoms with E-state index < -0.39 is 59.4 Å². The molecule has 1 fully saturated rings. The van der Waals surface area contributed by atoms with E-state index in [0.29, 0.717) is 0 Å². The molecule has 1 heterocycles. The summed E-state index contributed by atoms with van der Waals surface area (Å²) in [5.41, 5.74) is 2.79. The molecule has 1 aliphatic rings. The summed E-state index contributed by atoms with van der Waals surface area (Å²) in [5, 5.41) is 51.5. The standard InChI is InChI=1S/C24H47NO10S/c1-2-3-4-5-6-7-8-9-10-11-12-13-14-15-19(26)16-17-23(29)24(25,30)22(28)21(27)20(35-23)18-34-36(31,32)33/h14-15,19-22,26-30H,2-13,16-18,25H2,1H3,(H,31,32,33)/b15-14+/t19?,20-,21+,22-,23-,24+/m1/s1. The second-order valence-corrected chi connectivity index (χ2v) is 10.9. The molecular weight excluding hydrogens is 494 g/mol. The van der Waals surface area contributed by atoms with Crippen LogP contribution in [-0.4, -0.2) is 81.0 Å². The predicted molar refractivity (Wildman–Crippen MR) is 134 cm³/mol. The van der Waals surface area contributed by atoms with E-state index in [2.05, 4.69) is 11.1 Å². The first-order valence-electron chi connectivity index (χ1n) is 13.1. The Morgan fingerprint density at radius 3 is 2.06 bits per heavy atom. The largest absolute Gasteiger partial charge is 0.397 e. The van der Waals surface area contributed by atoms with Crippen molar-refractivity contribution in [1.82, 2.24) is 0 Å². The molecule has 1 aliphatic heterocycles. The molecule has 12 heteroatoms. The number of rotatable bonds is 19. The van der Waals surface area contributed by atoms with E-state index in [1.165, 1.54) is 57.8 Å². The Morgan fingerprint density at radius 2 is 1.53 bits per heavy atom. The minimum Gasteiger partial charge on any atom is -0.389 e. The van der Waals surface area contributed by atoms with Crippen LogP contribution in [0.2, 0.25) is 0 Å². The normalized spacial score (nSPS) is 30.2. The summed E-state index contributed by atoms with van der Waals surface area (Å²) in [7, 11) is -4.88. The first-order chi connectivity index (χ1) is 16.8. The molecule has 8 N–H and O–H groups in total. The van der Waals surface area contributed by atoms with Gasteiger partial charge in [-0.25, -0.2) is 4.18 Å². The van der Waals surface area contributed by atoms with Gasteiger partial charge in [0.25, 0.3) is 0 Å². The van der Waals surface area contributed by atoms with Crippen LogP contribution >= 0.6 is 0 Å². The molecule has 6 atom stereocenters. The smallest absolute Gasteiger partial charge is 0.389 e. The van der Waals surface area contributed by atoms with Crippen LogP contribution in [0.15, 0.2) is 12.2 Å². The van der Waals surface area contributed by atoms with Crippen molar-refractivity contribution in [3.8, 4) is 0 Å². The predicted octanol–water partition coefficient (Wildman–Crippen LogP) is 1.66. The molecule has 0 aromatic rings. The summed E-state index contributed by atoms with van der Waals surface area (Å²) >= 11 is 0. The molecule has 0 aliphatic carbocycles. The fourth-order valence-corrected chi connectivity index (χ4v) is 4.58. The van der Waals surface area contributed by atoms with Crippen LogP contribution in [0, 0.1) is 0 Å². The highest BCUT2D eigenvalue weighted by atomic mass is 32.3. The van der Waals surface area contributed by atoms with Gasteiger partial charge in [0.15, 0.2) is 5.72 Å². The van der Waals surface area contributed by atoms with Gasteiger partial charge in [0.2, 0.25) is 5.79 Å². The van der Waals surface area contributed by atoms with Crippen LogP contribution in [0.1, 0.15) is 96.8 Å². The van der Waals surface area contributed by atoms with Gasteiger partial charge in [-0.15, -0.1) is 0 Å². The molecule has 0 amide bonds. The second-order valence-electron chi connectivity index (χ2n) is 9.77. The topological polar surface area (TPSA) is 200 Å². The van der Waals surface area contributed by atoms with Gasteiger partial charge in [-0.3, -0.25) is 10.3 Å². The molecule has 11 nitrogen and oxygen atoms in total. The maximum atomic E-state index is 10.8. The fraction of sp³-hybridized carbons (Fsp3) is 0.917. The van der Waals surface area contributed by atoms with Gasteiger partial charge < -0.3 is 30.3 Å². The summed E-state index contributed by atoms with van der Waals surface area (Å²) in [6.07, 6.45) is 10.6. The number of ether oxygens (including phenoxy) is 1. The van der Waals surface area contributed by atoms with Crippen molar-refractivity contribution in [2.75, 3.05) is 6.61 Å². The number of hydrogen-bond acceptors (Lipinski definition) is 10. The Bertz CT molecular complexity index is 732. The molecule has 0 radical (unpaired) electrons. The van der Waals surface area contributed by atoms with Crippen molar-refractivity contribution < 1.29 is 47.4 Å². The third kappa shape index (κ3) is 11.8. The summed E-state index contributed by atoms with van der Waals surface area (Å²) < 4.78 is 39.6. The van der Waals surface area contributed by atoms with Crippen molar-refractivity contribution in [2.24, 2.45) is 5.73 Å². The minimum atomic E-state index is -4.88. The van der Waals surface area contributed by atoms with Crippen LogP contribution in [0.5, 0.6) is 0 Å². The van der Waals surface area contributed by atoms with E-state index in [-0.39, 0.29) is 6.42 Å². The van der Waals surface area contributed by atoms with E-state index >= 15 is 0 Å². The van der Waals surface area contributed by atoms with Crippen molar-refractivity contribution in [1.29, 1.82) is 0 Å². The van der Waals surface area contributed by atoms with Crippen molar-refractivity contribution in [3.05, 3.63) is 12.2 Å². The summed E-state index contributed by atoms with van der Waals surface area (Å²) in [6, 6.07) is 0. The third-order valence-corrected chi connectivity index (χ3v) is 7.05. The molecule has 0 saturated carbocycles. The van der Waals surface area contributed by atoms with E-state index in [1.54, 1.807) is 6.08 Å². The Hall–Kier alpha value is -0.670. The van der Waals surface area contributed by atoms with Gasteiger partial charge in [-0.1, -0.05) is 83.3 Å². The van der Waals surface area contributed by atoms with Crippen LogP contribution in [-0.2, 0) is 19.3 Å². The lowest BCUT2D eigenvalue weighted by Gasteiger charge is -2.51. The molecule has 0 bridgehead atoms.